The van der Waals surface area contributed by atoms with Crippen molar-refractivity contribution in [1.82, 2.24) is 19.4 Å². The van der Waals surface area contributed by atoms with E-state index < -0.39 is 30.8 Å². The normalized spacial score (nSPS) is 17.8. The van der Waals surface area contributed by atoms with Crippen LogP contribution in [0.5, 0.6) is 5.88 Å². The van der Waals surface area contributed by atoms with Gasteiger partial charge in [-0.2, -0.15) is 4.98 Å². The van der Waals surface area contributed by atoms with Gasteiger partial charge < -0.3 is 19.5 Å². The van der Waals surface area contributed by atoms with Crippen LogP contribution in [0.25, 0.3) is 10.9 Å². The molecule has 7 nitrogen and oxygen atoms in total. The molecule has 1 aliphatic rings. The summed E-state index contributed by atoms with van der Waals surface area (Å²) in [5.74, 6) is -2.63. The molecule has 0 spiro atoms. The first-order valence-corrected chi connectivity index (χ1v) is 11.1. The summed E-state index contributed by atoms with van der Waals surface area (Å²) in [7, 11) is 0. The highest BCUT2D eigenvalue weighted by Gasteiger charge is 2.46. The molecule has 0 radical (unpaired) electrons. The highest BCUT2D eigenvalue weighted by Crippen LogP contribution is 2.35. The summed E-state index contributed by atoms with van der Waals surface area (Å²) in [4.78, 5) is 23.1. The standard InChI is InChI=1S/C22H25F2N5O2S/c1-5-19(30)29-12-22(23,24)9-15(29)11-31-20-16-6-7-28(13(2)3)17(16)8-18(26-20)27-21-25-10-14(4)32-21/h5-8,10,13,15H,1,9,11-12H2,2-4H3,(H,25,26,27)/t15-/m1/s1. The van der Waals surface area contributed by atoms with Gasteiger partial charge in [0.05, 0.1) is 23.5 Å². The summed E-state index contributed by atoms with van der Waals surface area (Å²) < 4.78 is 36.0. The molecule has 0 saturated carbocycles. The van der Waals surface area contributed by atoms with E-state index in [0.717, 1.165) is 26.8 Å². The first kappa shape index (κ1) is 22.2. The van der Waals surface area contributed by atoms with Gasteiger partial charge in [-0.25, -0.2) is 13.8 Å². The number of ether oxygens (including phenoxy) is 1. The van der Waals surface area contributed by atoms with E-state index in [1.165, 1.54) is 11.3 Å². The second-order valence-electron chi connectivity index (χ2n) is 8.16. The SMILES string of the molecule is C=CC(=O)N1CC(F)(F)C[C@@H]1COc1nc(Nc2ncc(C)s2)cc2c1ccn2C(C)C. The number of nitrogens with one attached hydrogen (secondary N) is 1. The summed E-state index contributed by atoms with van der Waals surface area (Å²) >= 11 is 1.50. The van der Waals surface area contributed by atoms with Gasteiger partial charge in [-0.3, -0.25) is 4.79 Å². The van der Waals surface area contributed by atoms with Crippen LogP contribution in [0.1, 0.15) is 31.2 Å². The van der Waals surface area contributed by atoms with Crippen LogP contribution in [0.2, 0.25) is 0 Å². The first-order chi connectivity index (χ1) is 15.2. The molecule has 4 rings (SSSR count). The number of carbonyl (C=O) groups is 1. The Morgan fingerprint density at radius 3 is 2.94 bits per heavy atom. The number of carbonyl (C=O) groups excluding carboxylic acids is 1. The minimum absolute atomic E-state index is 0.0933. The molecule has 1 fully saturated rings. The lowest BCUT2D eigenvalue weighted by Crippen LogP contribution is -2.38. The Morgan fingerprint density at radius 2 is 2.28 bits per heavy atom. The molecule has 1 atom stereocenters. The Hall–Kier alpha value is -3.01. The third kappa shape index (κ3) is 4.45. The molecule has 32 heavy (non-hydrogen) atoms. The third-order valence-electron chi connectivity index (χ3n) is 5.34. The van der Waals surface area contributed by atoms with E-state index in [1.807, 2.05) is 25.3 Å². The predicted octanol–water partition coefficient (Wildman–Crippen LogP) is 4.93. The molecule has 10 heteroatoms. The maximum absolute atomic E-state index is 14.0. The van der Waals surface area contributed by atoms with Crippen molar-refractivity contribution in [3.05, 3.63) is 42.1 Å². The van der Waals surface area contributed by atoms with E-state index in [0.29, 0.717) is 16.8 Å². The fraction of sp³-hybridized carbons (Fsp3) is 0.409. The van der Waals surface area contributed by atoms with Crippen molar-refractivity contribution in [1.29, 1.82) is 0 Å². The average molecular weight is 462 g/mol. The molecule has 1 amide bonds. The number of fused-ring (bicyclic) bond motifs is 1. The second kappa shape index (κ2) is 8.50. The first-order valence-electron chi connectivity index (χ1n) is 10.3. The molecule has 3 aromatic heterocycles. The fourth-order valence-corrected chi connectivity index (χ4v) is 4.54. The number of nitrogens with zero attached hydrogens (tertiary/aromatic N) is 4. The molecule has 0 unspecified atom stereocenters. The van der Waals surface area contributed by atoms with Crippen LogP contribution in [0.3, 0.4) is 0 Å². The van der Waals surface area contributed by atoms with Crippen molar-refractivity contribution in [2.24, 2.45) is 0 Å². The van der Waals surface area contributed by atoms with Gasteiger partial charge in [-0.1, -0.05) is 6.58 Å². The molecular weight excluding hydrogens is 436 g/mol. The molecule has 3 aromatic rings. The van der Waals surface area contributed by atoms with Crippen LogP contribution < -0.4 is 10.1 Å². The summed E-state index contributed by atoms with van der Waals surface area (Å²) in [6, 6.07) is 3.24. The summed E-state index contributed by atoms with van der Waals surface area (Å²) in [6.07, 6.45) is 4.30. The lowest BCUT2D eigenvalue weighted by atomic mass is 10.2. The summed E-state index contributed by atoms with van der Waals surface area (Å²) in [6.45, 7) is 8.78. The van der Waals surface area contributed by atoms with Gasteiger partial charge >= 0.3 is 0 Å². The molecule has 4 heterocycles. The molecular formula is C22H25F2N5O2S. The van der Waals surface area contributed by atoms with Gasteiger partial charge in [0.15, 0.2) is 5.13 Å². The second-order valence-corrected chi connectivity index (χ2v) is 9.39. The van der Waals surface area contributed by atoms with Crippen LogP contribution in [-0.2, 0) is 4.79 Å². The number of rotatable bonds is 7. The number of likely N-dealkylation sites (tertiary alicyclic amines) is 1. The predicted molar refractivity (Wildman–Crippen MR) is 121 cm³/mol. The maximum Gasteiger partial charge on any atom is 0.267 e. The molecule has 1 aliphatic heterocycles. The highest BCUT2D eigenvalue weighted by atomic mass is 32.1. The van der Waals surface area contributed by atoms with Gasteiger partial charge in [0.25, 0.3) is 5.92 Å². The highest BCUT2D eigenvalue weighted by molar-refractivity contribution is 7.15. The van der Waals surface area contributed by atoms with Crippen LogP contribution in [-0.4, -0.2) is 50.5 Å². The zero-order valence-corrected chi connectivity index (χ0v) is 19.0. The Balaban J connectivity index is 1.64. The number of hydrogen-bond acceptors (Lipinski definition) is 6. The van der Waals surface area contributed by atoms with Crippen LogP contribution >= 0.6 is 11.3 Å². The molecule has 170 valence electrons. The lowest BCUT2D eigenvalue weighted by Gasteiger charge is -2.22. The van der Waals surface area contributed by atoms with Gasteiger partial charge in [-0.15, -0.1) is 11.3 Å². The largest absolute Gasteiger partial charge is 0.475 e. The van der Waals surface area contributed by atoms with Gasteiger partial charge in [0, 0.05) is 35.8 Å². The molecule has 1 N–H and O–H groups in total. The van der Waals surface area contributed by atoms with E-state index in [1.54, 1.807) is 6.20 Å². The van der Waals surface area contributed by atoms with Gasteiger partial charge in [-0.05, 0) is 32.9 Å². The fourth-order valence-electron chi connectivity index (χ4n) is 3.87. The zero-order chi connectivity index (χ0) is 23.0. The quantitative estimate of drug-likeness (QED) is 0.506. The third-order valence-corrected chi connectivity index (χ3v) is 6.17. The Morgan fingerprint density at radius 1 is 1.50 bits per heavy atom. The smallest absolute Gasteiger partial charge is 0.267 e. The van der Waals surface area contributed by atoms with E-state index in [4.69, 9.17) is 4.74 Å². The summed E-state index contributed by atoms with van der Waals surface area (Å²) in [5.41, 5.74) is 0.900. The number of hydrogen-bond donors (Lipinski definition) is 1. The minimum Gasteiger partial charge on any atom is -0.475 e. The maximum atomic E-state index is 14.0. The molecule has 0 aliphatic carbocycles. The Bertz CT molecular complexity index is 1160. The van der Waals surface area contributed by atoms with E-state index in [2.05, 4.69) is 40.3 Å². The molecule has 1 saturated heterocycles. The van der Waals surface area contributed by atoms with Crippen molar-refractivity contribution in [2.75, 3.05) is 18.5 Å². The van der Waals surface area contributed by atoms with Crippen LogP contribution in [0, 0.1) is 6.92 Å². The van der Waals surface area contributed by atoms with Crippen LogP contribution in [0.4, 0.5) is 19.7 Å². The van der Waals surface area contributed by atoms with E-state index in [9.17, 15) is 13.6 Å². The topological polar surface area (TPSA) is 72.3 Å². The number of thiazole rings is 1. The van der Waals surface area contributed by atoms with Crippen molar-refractivity contribution in [2.45, 2.75) is 45.2 Å². The minimum atomic E-state index is -2.96. The summed E-state index contributed by atoms with van der Waals surface area (Å²) in [5, 5.41) is 4.66. The molecule has 0 bridgehead atoms. The number of alkyl halides is 2. The Kier molecular flexibility index (Phi) is 5.89. The number of amides is 1. The lowest BCUT2D eigenvalue weighted by molar-refractivity contribution is -0.128. The van der Waals surface area contributed by atoms with Crippen molar-refractivity contribution in [3.8, 4) is 5.88 Å². The zero-order valence-electron chi connectivity index (χ0n) is 18.1. The van der Waals surface area contributed by atoms with Gasteiger partial charge in [0.1, 0.15) is 12.4 Å². The van der Waals surface area contributed by atoms with Gasteiger partial charge in [0.2, 0.25) is 11.8 Å². The van der Waals surface area contributed by atoms with E-state index >= 15 is 0 Å². The van der Waals surface area contributed by atoms with Crippen molar-refractivity contribution in [3.63, 3.8) is 0 Å². The number of pyridine rings is 1. The number of aromatic nitrogens is 3. The average Bonchev–Trinajstić information content (AvgIpc) is 3.42. The van der Waals surface area contributed by atoms with Crippen molar-refractivity contribution < 1.29 is 18.3 Å². The number of aryl methyl sites for hydroxylation is 1. The number of anilines is 2. The number of halogens is 2. The van der Waals surface area contributed by atoms with Crippen molar-refractivity contribution >= 4 is 39.1 Å². The molecule has 0 aromatic carbocycles. The Labute approximate surface area is 188 Å². The van der Waals surface area contributed by atoms with Crippen LogP contribution in [0.15, 0.2) is 37.2 Å². The monoisotopic (exact) mass is 461 g/mol. The van der Waals surface area contributed by atoms with E-state index in [-0.39, 0.29) is 12.6 Å².